The number of nitrogens with zero attached hydrogens (tertiary/aromatic N) is 1. The molecule has 148 valence electrons. The summed E-state index contributed by atoms with van der Waals surface area (Å²) >= 11 is 0. The van der Waals surface area contributed by atoms with E-state index < -0.39 is 29.2 Å². The van der Waals surface area contributed by atoms with Crippen LogP contribution in [-0.2, 0) is 14.4 Å². The maximum atomic E-state index is 14.6. The number of amides is 2. The predicted molar refractivity (Wildman–Crippen MR) is 97.4 cm³/mol. The number of rotatable bonds is 4. The van der Waals surface area contributed by atoms with Gasteiger partial charge in [0, 0.05) is 19.5 Å². The lowest BCUT2D eigenvalue weighted by atomic mass is 9.87. The van der Waals surface area contributed by atoms with E-state index in [9.17, 15) is 23.9 Å². The van der Waals surface area contributed by atoms with Gasteiger partial charge in [0.15, 0.2) is 0 Å². The van der Waals surface area contributed by atoms with Gasteiger partial charge in [0.25, 0.3) is 0 Å². The van der Waals surface area contributed by atoms with Crippen molar-refractivity contribution in [3.05, 3.63) is 29.6 Å². The first-order chi connectivity index (χ1) is 12.3. The van der Waals surface area contributed by atoms with Gasteiger partial charge in [-0.15, -0.1) is 12.4 Å². The number of carbonyl (C=O) groups excluding carboxylic acids is 2. The number of carboxylic acids is 1. The fourth-order valence-corrected chi connectivity index (χ4v) is 3.63. The number of anilines is 1. The SMILES string of the molecule is Cl.O=C(O)CC1(O)CCN(c2ccc(C3CCC(=O)NC3=O)cc2F)CC1. The van der Waals surface area contributed by atoms with Crippen molar-refractivity contribution >= 4 is 35.9 Å². The number of hydrogen-bond acceptors (Lipinski definition) is 5. The molecule has 1 aromatic rings. The molecule has 0 aromatic heterocycles. The minimum absolute atomic E-state index is 0. The van der Waals surface area contributed by atoms with Crippen LogP contribution in [0.2, 0.25) is 0 Å². The van der Waals surface area contributed by atoms with Gasteiger partial charge in [0.1, 0.15) is 5.82 Å². The molecule has 1 unspecified atom stereocenters. The Hall–Kier alpha value is -2.19. The summed E-state index contributed by atoms with van der Waals surface area (Å²) in [5.41, 5.74) is -0.375. The van der Waals surface area contributed by atoms with Gasteiger partial charge in [-0.3, -0.25) is 19.7 Å². The lowest BCUT2D eigenvalue weighted by Crippen LogP contribution is -2.45. The van der Waals surface area contributed by atoms with E-state index in [0.29, 0.717) is 30.8 Å². The Bertz CT molecular complexity index is 749. The molecule has 0 radical (unpaired) electrons. The number of imide groups is 1. The standard InChI is InChI=1S/C18H21FN2O5.ClH/c19-13-9-11(12-2-4-15(22)20-17(12)25)1-3-14(13)21-7-5-18(26,6-8-21)10-16(23)24;/h1,3,9,12,26H,2,4-8,10H2,(H,23,24)(H,20,22,25);1H. The molecule has 2 aliphatic rings. The third-order valence-corrected chi connectivity index (χ3v) is 5.13. The summed E-state index contributed by atoms with van der Waals surface area (Å²) in [5.74, 6) is -2.80. The molecular formula is C18H22ClFN2O5. The topological polar surface area (TPSA) is 107 Å². The first kappa shape index (κ1) is 21.1. The number of aliphatic hydroxyl groups is 1. The van der Waals surface area contributed by atoms with E-state index in [0.717, 1.165) is 0 Å². The van der Waals surface area contributed by atoms with Crippen LogP contribution in [0, 0.1) is 5.82 Å². The van der Waals surface area contributed by atoms with E-state index in [1.54, 1.807) is 17.0 Å². The summed E-state index contributed by atoms with van der Waals surface area (Å²) in [6.45, 7) is 0.691. The van der Waals surface area contributed by atoms with E-state index in [4.69, 9.17) is 5.11 Å². The van der Waals surface area contributed by atoms with Crippen LogP contribution >= 0.6 is 12.4 Å². The summed E-state index contributed by atoms with van der Waals surface area (Å²) < 4.78 is 14.6. The van der Waals surface area contributed by atoms with Crippen molar-refractivity contribution in [3.8, 4) is 0 Å². The number of carbonyl (C=O) groups is 3. The van der Waals surface area contributed by atoms with Gasteiger partial charge >= 0.3 is 5.97 Å². The van der Waals surface area contributed by atoms with Gasteiger partial charge in [-0.05, 0) is 37.0 Å². The average molecular weight is 401 g/mol. The highest BCUT2D eigenvalue weighted by atomic mass is 35.5. The minimum atomic E-state index is -1.26. The quantitative estimate of drug-likeness (QED) is 0.662. The van der Waals surface area contributed by atoms with Crippen molar-refractivity contribution in [2.24, 2.45) is 0 Å². The highest BCUT2D eigenvalue weighted by molar-refractivity contribution is 6.00. The molecule has 1 atom stereocenters. The maximum Gasteiger partial charge on any atom is 0.306 e. The zero-order valence-corrected chi connectivity index (χ0v) is 15.4. The molecule has 3 N–H and O–H groups in total. The van der Waals surface area contributed by atoms with Crippen molar-refractivity contribution in [2.75, 3.05) is 18.0 Å². The molecule has 9 heteroatoms. The number of aliphatic carboxylic acids is 1. The van der Waals surface area contributed by atoms with Crippen molar-refractivity contribution in [3.63, 3.8) is 0 Å². The van der Waals surface area contributed by atoms with E-state index in [-0.39, 0.29) is 44.0 Å². The Kier molecular flexibility index (Phi) is 6.43. The number of nitrogens with one attached hydrogen (secondary N) is 1. The largest absolute Gasteiger partial charge is 0.481 e. The summed E-state index contributed by atoms with van der Waals surface area (Å²) in [6.07, 6.45) is 0.752. The first-order valence-electron chi connectivity index (χ1n) is 8.60. The monoisotopic (exact) mass is 400 g/mol. The second kappa shape index (κ2) is 8.22. The average Bonchev–Trinajstić information content (AvgIpc) is 2.55. The van der Waals surface area contributed by atoms with Crippen LogP contribution in [0.3, 0.4) is 0 Å². The number of piperidine rings is 2. The molecular weight excluding hydrogens is 379 g/mol. The van der Waals surface area contributed by atoms with Crippen LogP contribution in [0.15, 0.2) is 18.2 Å². The molecule has 3 rings (SSSR count). The van der Waals surface area contributed by atoms with E-state index in [1.165, 1.54) is 6.07 Å². The highest BCUT2D eigenvalue weighted by Crippen LogP contribution is 2.32. The van der Waals surface area contributed by atoms with Crippen LogP contribution in [0.1, 0.15) is 43.6 Å². The Balaban J connectivity index is 0.00000261. The Labute approximate surface area is 162 Å². The molecule has 0 bridgehead atoms. The molecule has 7 nitrogen and oxygen atoms in total. The molecule has 0 saturated carbocycles. The van der Waals surface area contributed by atoms with E-state index in [1.807, 2.05) is 0 Å². The summed E-state index contributed by atoms with van der Waals surface area (Å²) in [5, 5.41) is 21.4. The third kappa shape index (κ3) is 4.75. The summed E-state index contributed by atoms with van der Waals surface area (Å²) in [6, 6.07) is 4.58. The summed E-state index contributed by atoms with van der Waals surface area (Å²) in [4.78, 5) is 35.7. The summed E-state index contributed by atoms with van der Waals surface area (Å²) in [7, 11) is 0. The van der Waals surface area contributed by atoms with Crippen molar-refractivity contribution < 1.29 is 29.0 Å². The third-order valence-electron chi connectivity index (χ3n) is 5.13. The molecule has 1 aromatic carbocycles. The second-order valence-corrected chi connectivity index (χ2v) is 7.00. The smallest absolute Gasteiger partial charge is 0.306 e. The molecule has 2 fully saturated rings. The zero-order chi connectivity index (χ0) is 18.9. The molecule has 2 amide bonds. The number of hydrogen-bond donors (Lipinski definition) is 3. The number of benzene rings is 1. The normalized spacial score (nSPS) is 22.0. The van der Waals surface area contributed by atoms with Crippen LogP contribution in [0.25, 0.3) is 0 Å². The Morgan fingerprint density at radius 3 is 2.52 bits per heavy atom. The fourth-order valence-electron chi connectivity index (χ4n) is 3.63. The first-order valence-corrected chi connectivity index (χ1v) is 8.60. The lowest BCUT2D eigenvalue weighted by Gasteiger charge is -2.38. The van der Waals surface area contributed by atoms with Gasteiger partial charge in [-0.2, -0.15) is 0 Å². The van der Waals surface area contributed by atoms with Gasteiger partial charge in [-0.1, -0.05) is 6.07 Å². The Morgan fingerprint density at radius 1 is 1.30 bits per heavy atom. The zero-order valence-electron chi connectivity index (χ0n) is 14.6. The van der Waals surface area contributed by atoms with Crippen LogP contribution in [0.5, 0.6) is 0 Å². The van der Waals surface area contributed by atoms with E-state index >= 15 is 0 Å². The van der Waals surface area contributed by atoms with Gasteiger partial charge in [0.2, 0.25) is 11.8 Å². The predicted octanol–water partition coefficient (Wildman–Crippen LogP) is 1.57. The van der Waals surface area contributed by atoms with Crippen LogP contribution < -0.4 is 10.2 Å². The van der Waals surface area contributed by atoms with Crippen LogP contribution in [0.4, 0.5) is 10.1 Å². The van der Waals surface area contributed by atoms with Crippen molar-refractivity contribution in [1.29, 1.82) is 0 Å². The van der Waals surface area contributed by atoms with Crippen molar-refractivity contribution in [2.45, 2.75) is 43.6 Å². The highest BCUT2D eigenvalue weighted by Gasteiger charge is 2.35. The van der Waals surface area contributed by atoms with Crippen LogP contribution in [-0.4, -0.2) is 46.7 Å². The van der Waals surface area contributed by atoms with Gasteiger partial charge in [-0.25, -0.2) is 4.39 Å². The van der Waals surface area contributed by atoms with E-state index in [2.05, 4.69) is 5.32 Å². The fraction of sp³-hybridized carbons (Fsp3) is 0.500. The minimum Gasteiger partial charge on any atom is -0.481 e. The molecule has 0 spiro atoms. The lowest BCUT2D eigenvalue weighted by molar-refractivity contribution is -0.143. The molecule has 2 saturated heterocycles. The van der Waals surface area contributed by atoms with Crippen molar-refractivity contribution in [1.82, 2.24) is 5.32 Å². The second-order valence-electron chi connectivity index (χ2n) is 7.00. The molecule has 2 heterocycles. The number of halogens is 2. The van der Waals surface area contributed by atoms with Gasteiger partial charge in [0.05, 0.1) is 23.6 Å². The van der Waals surface area contributed by atoms with Gasteiger partial charge < -0.3 is 15.1 Å². The molecule has 0 aliphatic carbocycles. The molecule has 27 heavy (non-hydrogen) atoms. The maximum absolute atomic E-state index is 14.6. The Morgan fingerprint density at radius 2 is 1.96 bits per heavy atom. The molecule has 2 aliphatic heterocycles. The number of carboxylic acid groups (broad SMARTS) is 1.